The Balaban J connectivity index is 1.93. The highest BCUT2D eigenvalue weighted by Crippen LogP contribution is 2.36. The van der Waals surface area contributed by atoms with E-state index >= 15 is 0 Å². The van der Waals surface area contributed by atoms with Crippen LogP contribution >= 0.6 is 11.6 Å². The first-order chi connectivity index (χ1) is 10.4. The molecule has 1 N–H and O–H groups in total. The lowest BCUT2D eigenvalue weighted by Gasteiger charge is -2.27. The van der Waals surface area contributed by atoms with E-state index in [0.717, 1.165) is 6.07 Å². The first-order valence-electron chi connectivity index (χ1n) is 6.84. The third-order valence-corrected chi connectivity index (χ3v) is 3.54. The van der Waals surface area contributed by atoms with Crippen LogP contribution in [-0.4, -0.2) is 43.7 Å². The van der Waals surface area contributed by atoms with Crippen LogP contribution < -0.4 is 5.32 Å². The van der Waals surface area contributed by atoms with Crippen LogP contribution in [0, 0.1) is 0 Å². The van der Waals surface area contributed by atoms with Crippen LogP contribution in [0.15, 0.2) is 18.2 Å². The third-order valence-electron chi connectivity index (χ3n) is 3.31. The van der Waals surface area contributed by atoms with E-state index in [1.807, 2.05) is 0 Å². The molecular weight excluding hydrogens is 321 g/mol. The van der Waals surface area contributed by atoms with E-state index in [2.05, 4.69) is 5.32 Å². The minimum atomic E-state index is -4.50. The number of halogens is 4. The van der Waals surface area contributed by atoms with E-state index in [0.29, 0.717) is 26.3 Å². The highest BCUT2D eigenvalue weighted by molar-refractivity contribution is 6.30. The van der Waals surface area contributed by atoms with Gasteiger partial charge in [-0.15, -0.1) is 0 Å². The van der Waals surface area contributed by atoms with E-state index in [1.54, 1.807) is 4.90 Å². The second-order valence-electron chi connectivity index (χ2n) is 4.86. The van der Waals surface area contributed by atoms with E-state index < -0.39 is 11.7 Å². The van der Waals surface area contributed by atoms with Gasteiger partial charge in [0, 0.05) is 36.8 Å². The van der Waals surface area contributed by atoms with Crippen molar-refractivity contribution in [3.05, 3.63) is 28.8 Å². The summed E-state index contributed by atoms with van der Waals surface area (Å²) in [6.45, 7) is 2.16. The van der Waals surface area contributed by atoms with Crippen molar-refractivity contribution in [3.8, 4) is 0 Å². The molecule has 0 unspecified atom stereocenters. The Labute approximate surface area is 131 Å². The fourth-order valence-corrected chi connectivity index (χ4v) is 2.35. The number of hydrogen-bond acceptors (Lipinski definition) is 3. The number of nitrogens with one attached hydrogen (secondary N) is 1. The van der Waals surface area contributed by atoms with Gasteiger partial charge < -0.3 is 15.0 Å². The predicted molar refractivity (Wildman–Crippen MR) is 77.0 cm³/mol. The second-order valence-corrected chi connectivity index (χ2v) is 5.29. The molecule has 1 aromatic rings. The van der Waals surface area contributed by atoms with Gasteiger partial charge in [0.25, 0.3) is 0 Å². The predicted octanol–water partition coefficient (Wildman–Crippen LogP) is 3.02. The molecule has 4 nitrogen and oxygen atoms in total. The zero-order valence-electron chi connectivity index (χ0n) is 11.8. The number of hydrogen-bond donors (Lipinski definition) is 1. The SMILES string of the molecule is O=C(CCNc1ccc(Cl)cc1C(F)(F)F)N1CCOCC1. The van der Waals surface area contributed by atoms with Gasteiger partial charge in [0.1, 0.15) is 0 Å². The molecule has 0 spiro atoms. The van der Waals surface area contributed by atoms with Crippen molar-refractivity contribution in [1.29, 1.82) is 0 Å². The topological polar surface area (TPSA) is 41.6 Å². The van der Waals surface area contributed by atoms with Gasteiger partial charge in [-0.3, -0.25) is 4.79 Å². The van der Waals surface area contributed by atoms with Crippen LogP contribution in [0.5, 0.6) is 0 Å². The van der Waals surface area contributed by atoms with E-state index in [9.17, 15) is 18.0 Å². The number of ether oxygens (including phenoxy) is 1. The van der Waals surface area contributed by atoms with Crippen molar-refractivity contribution >= 4 is 23.2 Å². The molecule has 1 aromatic carbocycles. The molecule has 1 saturated heterocycles. The van der Waals surface area contributed by atoms with Crippen LogP contribution in [-0.2, 0) is 15.7 Å². The minimum Gasteiger partial charge on any atom is -0.384 e. The number of morpholine rings is 1. The number of nitrogens with zero attached hydrogens (tertiary/aromatic N) is 1. The van der Waals surface area contributed by atoms with Gasteiger partial charge in [-0.1, -0.05) is 11.6 Å². The van der Waals surface area contributed by atoms with Gasteiger partial charge in [-0.25, -0.2) is 0 Å². The summed E-state index contributed by atoms with van der Waals surface area (Å²) in [4.78, 5) is 13.6. The van der Waals surface area contributed by atoms with Gasteiger partial charge >= 0.3 is 6.18 Å². The third kappa shape index (κ3) is 4.51. The Morgan fingerprint density at radius 2 is 2.00 bits per heavy atom. The lowest BCUT2D eigenvalue weighted by Crippen LogP contribution is -2.41. The van der Waals surface area contributed by atoms with Gasteiger partial charge in [-0.2, -0.15) is 13.2 Å². The average molecular weight is 337 g/mol. The van der Waals surface area contributed by atoms with Gasteiger partial charge in [-0.05, 0) is 18.2 Å². The van der Waals surface area contributed by atoms with Crippen molar-refractivity contribution in [2.24, 2.45) is 0 Å². The van der Waals surface area contributed by atoms with Crippen molar-refractivity contribution in [2.75, 3.05) is 38.2 Å². The Bertz CT molecular complexity index is 531. The van der Waals surface area contributed by atoms with Crippen LogP contribution in [0.1, 0.15) is 12.0 Å². The first kappa shape index (κ1) is 16.9. The number of rotatable bonds is 4. The number of carbonyl (C=O) groups excluding carboxylic acids is 1. The molecule has 1 aliphatic rings. The lowest BCUT2D eigenvalue weighted by atomic mass is 10.1. The molecule has 0 bridgehead atoms. The number of alkyl halides is 3. The van der Waals surface area contributed by atoms with E-state index in [-0.39, 0.29) is 29.6 Å². The van der Waals surface area contributed by atoms with Gasteiger partial charge in [0.05, 0.1) is 18.8 Å². The largest absolute Gasteiger partial charge is 0.418 e. The Kier molecular flexibility index (Phi) is 5.52. The summed E-state index contributed by atoms with van der Waals surface area (Å²) in [6, 6.07) is 3.51. The summed E-state index contributed by atoms with van der Waals surface area (Å²) < 4.78 is 43.9. The van der Waals surface area contributed by atoms with E-state index in [4.69, 9.17) is 16.3 Å². The summed E-state index contributed by atoms with van der Waals surface area (Å²) in [5.41, 5.74) is -0.912. The molecule has 0 aliphatic carbocycles. The van der Waals surface area contributed by atoms with Crippen LogP contribution in [0.3, 0.4) is 0 Å². The van der Waals surface area contributed by atoms with Crippen LogP contribution in [0.2, 0.25) is 5.02 Å². The normalized spacial score (nSPS) is 15.7. The second kappa shape index (κ2) is 7.19. The van der Waals surface area contributed by atoms with Gasteiger partial charge in [0.15, 0.2) is 0 Å². The monoisotopic (exact) mass is 336 g/mol. The number of carbonyl (C=O) groups is 1. The number of benzene rings is 1. The molecule has 1 aliphatic heterocycles. The first-order valence-corrected chi connectivity index (χ1v) is 7.22. The zero-order valence-corrected chi connectivity index (χ0v) is 12.5. The number of amides is 1. The molecule has 1 fully saturated rings. The minimum absolute atomic E-state index is 0.0160. The molecule has 2 rings (SSSR count). The summed E-state index contributed by atoms with van der Waals surface area (Å²) in [5.74, 6) is -0.0988. The Hall–Kier alpha value is -1.47. The van der Waals surface area contributed by atoms with Crippen LogP contribution in [0.25, 0.3) is 0 Å². The molecule has 122 valence electrons. The molecule has 1 heterocycles. The molecule has 0 radical (unpaired) electrons. The maximum Gasteiger partial charge on any atom is 0.418 e. The zero-order chi connectivity index (χ0) is 16.2. The molecule has 0 saturated carbocycles. The lowest BCUT2D eigenvalue weighted by molar-refractivity contribution is -0.137. The highest BCUT2D eigenvalue weighted by atomic mass is 35.5. The molecule has 1 amide bonds. The van der Waals surface area contributed by atoms with Crippen molar-refractivity contribution in [3.63, 3.8) is 0 Å². The quantitative estimate of drug-likeness (QED) is 0.919. The molecular formula is C14H16ClF3N2O2. The molecule has 8 heteroatoms. The maximum absolute atomic E-state index is 12.9. The number of anilines is 1. The Morgan fingerprint density at radius 3 is 2.64 bits per heavy atom. The summed E-state index contributed by atoms with van der Waals surface area (Å²) >= 11 is 5.61. The molecule has 22 heavy (non-hydrogen) atoms. The fourth-order valence-electron chi connectivity index (χ4n) is 2.18. The summed E-state index contributed by atoms with van der Waals surface area (Å²) in [7, 11) is 0. The van der Waals surface area contributed by atoms with Crippen LogP contribution in [0.4, 0.5) is 18.9 Å². The maximum atomic E-state index is 12.9. The Morgan fingerprint density at radius 1 is 1.32 bits per heavy atom. The van der Waals surface area contributed by atoms with E-state index in [1.165, 1.54) is 12.1 Å². The summed E-state index contributed by atoms with van der Waals surface area (Å²) in [6.07, 6.45) is -4.37. The highest BCUT2D eigenvalue weighted by Gasteiger charge is 2.33. The van der Waals surface area contributed by atoms with Crippen molar-refractivity contribution in [1.82, 2.24) is 4.90 Å². The summed E-state index contributed by atoms with van der Waals surface area (Å²) in [5, 5.41) is 2.68. The molecule has 0 aromatic heterocycles. The van der Waals surface area contributed by atoms with Crippen molar-refractivity contribution in [2.45, 2.75) is 12.6 Å². The fraction of sp³-hybridized carbons (Fsp3) is 0.500. The van der Waals surface area contributed by atoms with Crippen molar-refractivity contribution < 1.29 is 22.7 Å². The van der Waals surface area contributed by atoms with Gasteiger partial charge in [0.2, 0.25) is 5.91 Å². The smallest absolute Gasteiger partial charge is 0.384 e. The average Bonchev–Trinajstić information content (AvgIpc) is 2.48. The standard InChI is InChI=1S/C14H16ClF3N2O2/c15-10-1-2-12(11(9-10)14(16,17)18)19-4-3-13(21)20-5-7-22-8-6-20/h1-2,9,19H,3-8H2. The molecule has 0 atom stereocenters.